The molecule has 0 fully saturated rings. The van der Waals surface area contributed by atoms with Gasteiger partial charge in [0.05, 0.1) is 23.5 Å². The molecule has 0 aliphatic rings. The third kappa shape index (κ3) is 5.52. The summed E-state index contributed by atoms with van der Waals surface area (Å²) in [5, 5.41) is 6.00. The molecule has 7 heteroatoms. The second-order valence-corrected chi connectivity index (χ2v) is 6.64. The maximum Gasteiger partial charge on any atom is 0.288 e. The number of carbonyl (C=O) groups is 1. The minimum absolute atomic E-state index is 0.228. The maximum absolute atomic E-state index is 12.5. The predicted octanol–water partition coefficient (Wildman–Crippen LogP) is 5.07. The lowest BCUT2D eigenvalue weighted by atomic mass is 10.1. The Hall–Kier alpha value is -2.93. The van der Waals surface area contributed by atoms with E-state index in [1.165, 1.54) is 0 Å². The molecule has 27 heavy (non-hydrogen) atoms. The molecule has 0 aliphatic carbocycles. The van der Waals surface area contributed by atoms with Crippen molar-refractivity contribution in [2.24, 2.45) is 0 Å². The van der Waals surface area contributed by atoms with Crippen LogP contribution in [0.1, 0.15) is 16.1 Å². The minimum Gasteiger partial charge on any atom is -0.355 e. The number of rotatable bonds is 7. The Morgan fingerprint density at radius 3 is 2.44 bits per heavy atom. The normalized spacial score (nSPS) is 10.6. The zero-order chi connectivity index (χ0) is 19.1. The lowest BCUT2D eigenvalue weighted by Crippen LogP contribution is -2.24. The largest absolute Gasteiger partial charge is 0.355 e. The number of halogens is 2. The van der Waals surface area contributed by atoms with E-state index in [2.05, 4.69) is 15.6 Å². The number of amides is 1. The number of para-hydroxylation sites is 1. The monoisotopic (exact) mass is 385 g/mol. The Morgan fingerprint density at radius 2 is 1.74 bits per heavy atom. The molecule has 0 aliphatic heterocycles. The van der Waals surface area contributed by atoms with Gasteiger partial charge in [-0.2, -0.15) is 8.78 Å². The van der Waals surface area contributed by atoms with Crippen LogP contribution in [0.4, 0.5) is 20.2 Å². The molecule has 1 heterocycles. The highest BCUT2D eigenvalue weighted by molar-refractivity contribution is 7.99. The number of alkyl halides is 2. The summed E-state index contributed by atoms with van der Waals surface area (Å²) in [6.45, 7) is 0.327. The second kappa shape index (κ2) is 9.14. The highest BCUT2D eigenvalue weighted by atomic mass is 32.2. The minimum atomic E-state index is -2.45. The number of pyridine rings is 1. The zero-order valence-corrected chi connectivity index (χ0v) is 15.0. The van der Waals surface area contributed by atoms with Crippen LogP contribution in [0.25, 0.3) is 0 Å². The van der Waals surface area contributed by atoms with Gasteiger partial charge in [0.2, 0.25) is 0 Å². The fraction of sp³-hybridized carbons (Fsp3) is 0.100. The van der Waals surface area contributed by atoms with Crippen molar-refractivity contribution in [3.63, 3.8) is 0 Å². The molecule has 0 saturated heterocycles. The smallest absolute Gasteiger partial charge is 0.288 e. The number of carbonyl (C=O) groups excluding carboxylic acids is 1. The quantitative estimate of drug-likeness (QED) is 0.558. The summed E-state index contributed by atoms with van der Waals surface area (Å²) in [7, 11) is 0. The first-order valence-corrected chi connectivity index (χ1v) is 9.09. The van der Waals surface area contributed by atoms with Crippen LogP contribution in [-0.2, 0) is 6.54 Å². The fourth-order valence-electron chi connectivity index (χ4n) is 2.43. The molecule has 0 unspecified atom stereocenters. The van der Waals surface area contributed by atoms with Crippen LogP contribution in [-0.4, -0.2) is 16.6 Å². The van der Waals surface area contributed by atoms with E-state index in [0.717, 1.165) is 5.69 Å². The summed E-state index contributed by atoms with van der Waals surface area (Å²) in [6.07, 6.45) is 1.67. The van der Waals surface area contributed by atoms with Gasteiger partial charge < -0.3 is 10.6 Å². The van der Waals surface area contributed by atoms with Crippen molar-refractivity contribution in [1.82, 2.24) is 10.3 Å². The van der Waals surface area contributed by atoms with Gasteiger partial charge in [-0.1, -0.05) is 30.0 Å². The van der Waals surface area contributed by atoms with Crippen molar-refractivity contribution >= 4 is 29.0 Å². The van der Waals surface area contributed by atoms with Gasteiger partial charge in [-0.25, -0.2) is 0 Å². The van der Waals surface area contributed by atoms with E-state index in [1.807, 2.05) is 24.3 Å². The summed E-state index contributed by atoms with van der Waals surface area (Å²) in [6, 6.07) is 19.3. The van der Waals surface area contributed by atoms with Gasteiger partial charge in [-0.05, 0) is 48.5 Å². The molecule has 4 nitrogen and oxygen atoms in total. The van der Waals surface area contributed by atoms with Crippen molar-refractivity contribution < 1.29 is 13.6 Å². The van der Waals surface area contributed by atoms with Crippen molar-refractivity contribution in [2.45, 2.75) is 17.2 Å². The number of nitrogens with one attached hydrogen (secondary N) is 2. The Bertz CT molecular complexity index is 889. The van der Waals surface area contributed by atoms with Crippen molar-refractivity contribution in [1.29, 1.82) is 0 Å². The number of thioether (sulfide) groups is 1. The molecule has 1 amide bonds. The third-order valence-electron chi connectivity index (χ3n) is 3.69. The number of hydrogen-bond donors (Lipinski definition) is 2. The van der Waals surface area contributed by atoms with Crippen LogP contribution >= 0.6 is 11.8 Å². The van der Waals surface area contributed by atoms with Crippen LogP contribution < -0.4 is 10.6 Å². The molecule has 3 rings (SSSR count). The number of nitrogens with zero attached hydrogens (tertiary/aromatic N) is 1. The van der Waals surface area contributed by atoms with Gasteiger partial charge in [0.1, 0.15) is 0 Å². The van der Waals surface area contributed by atoms with Crippen LogP contribution in [0, 0.1) is 0 Å². The van der Waals surface area contributed by atoms with Crippen molar-refractivity contribution in [3.8, 4) is 0 Å². The van der Waals surface area contributed by atoms with E-state index in [1.54, 1.807) is 48.7 Å². The number of anilines is 2. The topological polar surface area (TPSA) is 54.0 Å². The molecule has 2 aromatic carbocycles. The highest BCUT2D eigenvalue weighted by Gasteiger charge is 2.11. The van der Waals surface area contributed by atoms with E-state index >= 15 is 0 Å². The average molecular weight is 385 g/mol. The van der Waals surface area contributed by atoms with Gasteiger partial charge in [0.25, 0.3) is 11.7 Å². The second-order valence-electron chi connectivity index (χ2n) is 5.58. The molecule has 3 aromatic rings. The van der Waals surface area contributed by atoms with E-state index in [9.17, 15) is 13.6 Å². The Morgan fingerprint density at radius 1 is 1.00 bits per heavy atom. The first kappa shape index (κ1) is 18.8. The lowest BCUT2D eigenvalue weighted by molar-refractivity contribution is 0.0951. The summed E-state index contributed by atoms with van der Waals surface area (Å²) < 4.78 is 24.8. The summed E-state index contributed by atoms with van der Waals surface area (Å²) in [5.74, 6) is -2.68. The van der Waals surface area contributed by atoms with Gasteiger partial charge in [0, 0.05) is 16.8 Å². The average Bonchev–Trinajstić information content (AvgIpc) is 2.68. The first-order valence-electron chi connectivity index (χ1n) is 8.21. The van der Waals surface area contributed by atoms with E-state index < -0.39 is 5.76 Å². The molecule has 0 radical (unpaired) electrons. The summed E-state index contributed by atoms with van der Waals surface area (Å²) in [5.41, 5.74) is 2.59. The molecule has 138 valence electrons. The number of benzene rings is 2. The van der Waals surface area contributed by atoms with E-state index in [4.69, 9.17) is 0 Å². The number of aromatic nitrogens is 1. The molecule has 2 N–H and O–H groups in total. The SMILES string of the molecule is O=C(NCc1ccccn1)c1ccccc1Nc1ccc(SC(F)F)cc1. The number of hydrogen-bond acceptors (Lipinski definition) is 4. The van der Waals surface area contributed by atoms with Crippen LogP contribution in [0.15, 0.2) is 77.8 Å². The van der Waals surface area contributed by atoms with Gasteiger partial charge in [-0.3, -0.25) is 9.78 Å². The van der Waals surface area contributed by atoms with Crippen LogP contribution in [0.3, 0.4) is 0 Å². The Kier molecular flexibility index (Phi) is 6.38. The van der Waals surface area contributed by atoms with E-state index in [-0.39, 0.29) is 5.91 Å². The first-order chi connectivity index (χ1) is 13.1. The van der Waals surface area contributed by atoms with Crippen molar-refractivity contribution in [3.05, 3.63) is 84.2 Å². The molecule has 0 atom stereocenters. The third-order valence-corrected chi connectivity index (χ3v) is 4.41. The predicted molar refractivity (Wildman–Crippen MR) is 103 cm³/mol. The molecular formula is C20H17F2N3OS. The van der Waals surface area contributed by atoms with Gasteiger partial charge in [-0.15, -0.1) is 0 Å². The van der Waals surface area contributed by atoms with E-state index in [0.29, 0.717) is 40.1 Å². The highest BCUT2D eigenvalue weighted by Crippen LogP contribution is 2.27. The Labute approximate surface area is 160 Å². The Balaban J connectivity index is 1.69. The standard InChI is InChI=1S/C20H17F2N3OS/c21-20(22)27-16-10-8-14(9-11-16)25-18-7-2-1-6-17(18)19(26)24-13-15-5-3-4-12-23-15/h1-12,20,25H,13H2,(H,24,26). The van der Waals surface area contributed by atoms with Crippen LogP contribution in [0.5, 0.6) is 0 Å². The molecule has 0 bridgehead atoms. The van der Waals surface area contributed by atoms with Crippen LogP contribution in [0.2, 0.25) is 0 Å². The molecule has 1 aromatic heterocycles. The molecular weight excluding hydrogens is 368 g/mol. The van der Waals surface area contributed by atoms with Gasteiger partial charge >= 0.3 is 0 Å². The summed E-state index contributed by atoms with van der Waals surface area (Å²) >= 11 is 0.495. The summed E-state index contributed by atoms with van der Waals surface area (Å²) in [4.78, 5) is 17.2. The maximum atomic E-state index is 12.5. The van der Waals surface area contributed by atoms with Gasteiger partial charge in [0.15, 0.2) is 0 Å². The lowest BCUT2D eigenvalue weighted by Gasteiger charge is -2.12. The zero-order valence-electron chi connectivity index (χ0n) is 14.2. The molecule has 0 spiro atoms. The van der Waals surface area contributed by atoms with Crippen molar-refractivity contribution in [2.75, 3.05) is 5.32 Å². The molecule has 0 saturated carbocycles. The fourth-order valence-corrected chi connectivity index (χ4v) is 2.93.